The van der Waals surface area contributed by atoms with E-state index in [0.717, 1.165) is 49.1 Å². The summed E-state index contributed by atoms with van der Waals surface area (Å²) in [4.78, 5) is 4.60. The average Bonchev–Trinajstić information content (AvgIpc) is 3.07. The van der Waals surface area contributed by atoms with Crippen molar-refractivity contribution in [2.75, 3.05) is 6.61 Å². The molecule has 4 nitrogen and oxygen atoms in total. The molecule has 3 rings (SSSR count). The summed E-state index contributed by atoms with van der Waals surface area (Å²) >= 11 is 0. The Kier molecular flexibility index (Phi) is 4.03. The molecule has 0 aliphatic carbocycles. The van der Waals surface area contributed by atoms with Crippen LogP contribution in [0.25, 0.3) is 11.0 Å². The summed E-state index contributed by atoms with van der Waals surface area (Å²) in [7, 11) is 2.01. The third kappa shape index (κ3) is 2.86. The molecule has 1 fully saturated rings. The molecule has 0 bridgehead atoms. The first-order valence-electron chi connectivity index (χ1n) is 7.44. The minimum absolute atomic E-state index is 0.338. The van der Waals surface area contributed by atoms with E-state index in [4.69, 9.17) is 4.74 Å². The highest BCUT2D eigenvalue weighted by Crippen LogP contribution is 2.20. The number of imidazole rings is 1. The normalized spacial score (nSPS) is 20.6. The van der Waals surface area contributed by atoms with Gasteiger partial charge in [0.25, 0.3) is 0 Å². The van der Waals surface area contributed by atoms with Crippen LogP contribution in [-0.4, -0.2) is 33.5 Å². The van der Waals surface area contributed by atoms with Crippen molar-refractivity contribution in [3.63, 3.8) is 0 Å². The molecular weight excluding hydrogens is 252 g/mol. The number of nitrogens with zero attached hydrogens (tertiary/aromatic N) is 2. The zero-order chi connectivity index (χ0) is 13.9. The van der Waals surface area contributed by atoms with E-state index in [0.29, 0.717) is 12.5 Å². The lowest BCUT2D eigenvalue weighted by atomic mass is 10.1. The number of para-hydroxylation sites is 2. The summed E-state index contributed by atoms with van der Waals surface area (Å²) in [5.74, 6) is 0.950. The van der Waals surface area contributed by atoms with Gasteiger partial charge in [-0.1, -0.05) is 12.1 Å². The van der Waals surface area contributed by atoms with Crippen molar-refractivity contribution in [2.24, 2.45) is 7.05 Å². The van der Waals surface area contributed by atoms with Crippen LogP contribution in [0, 0.1) is 0 Å². The van der Waals surface area contributed by atoms with Crippen LogP contribution in [0.15, 0.2) is 24.3 Å². The van der Waals surface area contributed by atoms with Crippen LogP contribution >= 0.6 is 0 Å². The molecule has 0 saturated carbocycles. The Hall–Kier alpha value is -1.39. The number of aliphatic hydroxyl groups is 1. The van der Waals surface area contributed by atoms with E-state index >= 15 is 0 Å². The molecule has 1 N–H and O–H groups in total. The first-order chi connectivity index (χ1) is 9.74. The number of aryl methyl sites for hydroxylation is 1. The van der Waals surface area contributed by atoms with Gasteiger partial charge in [-0.2, -0.15) is 0 Å². The molecule has 1 aromatic carbocycles. The second kappa shape index (κ2) is 5.94. The summed E-state index contributed by atoms with van der Waals surface area (Å²) < 4.78 is 7.67. The molecular formula is C16H22N2O2. The molecule has 1 aromatic heterocycles. The van der Waals surface area contributed by atoms with Gasteiger partial charge in [-0.05, 0) is 37.8 Å². The Morgan fingerprint density at radius 2 is 2.30 bits per heavy atom. The summed E-state index contributed by atoms with van der Waals surface area (Å²) in [6, 6.07) is 8.08. The van der Waals surface area contributed by atoms with Gasteiger partial charge in [-0.3, -0.25) is 0 Å². The SMILES string of the molecule is Cn1c(CC(O)CCC2CCCO2)nc2ccccc21. The maximum atomic E-state index is 10.2. The highest BCUT2D eigenvalue weighted by molar-refractivity contribution is 5.75. The lowest BCUT2D eigenvalue weighted by molar-refractivity contribution is 0.0807. The summed E-state index contributed by atoms with van der Waals surface area (Å²) in [5, 5.41) is 10.2. The highest BCUT2D eigenvalue weighted by Gasteiger charge is 2.18. The van der Waals surface area contributed by atoms with Gasteiger partial charge in [-0.15, -0.1) is 0 Å². The van der Waals surface area contributed by atoms with Crippen molar-refractivity contribution in [3.8, 4) is 0 Å². The molecule has 0 radical (unpaired) electrons. The maximum Gasteiger partial charge on any atom is 0.112 e. The number of hydrogen-bond acceptors (Lipinski definition) is 3. The fourth-order valence-electron chi connectivity index (χ4n) is 2.94. The number of rotatable bonds is 5. The second-order valence-electron chi connectivity index (χ2n) is 5.65. The van der Waals surface area contributed by atoms with Crippen molar-refractivity contribution >= 4 is 11.0 Å². The van der Waals surface area contributed by atoms with Crippen LogP contribution in [-0.2, 0) is 18.2 Å². The van der Waals surface area contributed by atoms with E-state index in [2.05, 4.69) is 15.6 Å². The molecule has 2 unspecified atom stereocenters. The lowest BCUT2D eigenvalue weighted by Gasteiger charge is -2.13. The van der Waals surface area contributed by atoms with Crippen molar-refractivity contribution < 1.29 is 9.84 Å². The Bertz CT molecular complexity index is 573. The Morgan fingerprint density at radius 1 is 1.45 bits per heavy atom. The molecule has 2 heterocycles. The summed E-state index contributed by atoms with van der Waals surface area (Å²) in [5.41, 5.74) is 2.12. The molecule has 0 spiro atoms. The van der Waals surface area contributed by atoms with Crippen LogP contribution < -0.4 is 0 Å². The van der Waals surface area contributed by atoms with Gasteiger partial charge in [-0.25, -0.2) is 4.98 Å². The van der Waals surface area contributed by atoms with E-state index in [1.165, 1.54) is 0 Å². The van der Waals surface area contributed by atoms with E-state index < -0.39 is 0 Å². The van der Waals surface area contributed by atoms with Gasteiger partial charge in [0, 0.05) is 20.1 Å². The molecule has 1 aliphatic rings. The number of hydrogen-bond donors (Lipinski definition) is 1. The smallest absolute Gasteiger partial charge is 0.112 e. The van der Waals surface area contributed by atoms with E-state index in [9.17, 15) is 5.11 Å². The van der Waals surface area contributed by atoms with Crippen LogP contribution in [0.5, 0.6) is 0 Å². The van der Waals surface area contributed by atoms with Crippen molar-refractivity contribution in [2.45, 2.75) is 44.3 Å². The van der Waals surface area contributed by atoms with Crippen LogP contribution in [0.4, 0.5) is 0 Å². The van der Waals surface area contributed by atoms with Crippen molar-refractivity contribution in [1.82, 2.24) is 9.55 Å². The van der Waals surface area contributed by atoms with Gasteiger partial charge >= 0.3 is 0 Å². The first kappa shape index (κ1) is 13.6. The molecule has 0 amide bonds. The van der Waals surface area contributed by atoms with Crippen LogP contribution in [0.2, 0.25) is 0 Å². The van der Waals surface area contributed by atoms with Gasteiger partial charge in [0.2, 0.25) is 0 Å². The zero-order valence-electron chi connectivity index (χ0n) is 12.0. The van der Waals surface area contributed by atoms with E-state index in [1.807, 2.05) is 25.2 Å². The lowest BCUT2D eigenvalue weighted by Crippen LogP contribution is -2.17. The third-order valence-electron chi connectivity index (χ3n) is 4.14. The minimum Gasteiger partial charge on any atom is -0.393 e. The standard InChI is InChI=1S/C16H22N2O2/c1-18-15-7-3-2-6-14(15)17-16(18)11-12(19)8-9-13-5-4-10-20-13/h2-3,6-7,12-13,19H,4-5,8-11H2,1H3. The minimum atomic E-state index is -0.338. The predicted molar refractivity (Wildman–Crippen MR) is 78.6 cm³/mol. The van der Waals surface area contributed by atoms with Crippen LogP contribution in [0.3, 0.4) is 0 Å². The van der Waals surface area contributed by atoms with Gasteiger partial charge in [0.05, 0.1) is 23.2 Å². The topological polar surface area (TPSA) is 47.3 Å². The quantitative estimate of drug-likeness (QED) is 0.911. The third-order valence-corrected chi connectivity index (χ3v) is 4.14. The molecule has 2 atom stereocenters. The van der Waals surface area contributed by atoms with Crippen molar-refractivity contribution in [1.29, 1.82) is 0 Å². The van der Waals surface area contributed by atoms with Crippen LogP contribution in [0.1, 0.15) is 31.5 Å². The van der Waals surface area contributed by atoms with E-state index in [1.54, 1.807) is 0 Å². The predicted octanol–water partition coefficient (Wildman–Crippen LogP) is 2.44. The monoisotopic (exact) mass is 274 g/mol. The highest BCUT2D eigenvalue weighted by atomic mass is 16.5. The second-order valence-corrected chi connectivity index (χ2v) is 5.65. The molecule has 1 aliphatic heterocycles. The largest absolute Gasteiger partial charge is 0.393 e. The zero-order valence-corrected chi connectivity index (χ0v) is 12.0. The molecule has 2 aromatic rings. The van der Waals surface area contributed by atoms with Crippen molar-refractivity contribution in [3.05, 3.63) is 30.1 Å². The molecule has 108 valence electrons. The van der Waals surface area contributed by atoms with Gasteiger partial charge in [0.15, 0.2) is 0 Å². The molecule has 1 saturated heterocycles. The van der Waals surface area contributed by atoms with Gasteiger partial charge in [0.1, 0.15) is 5.82 Å². The maximum absolute atomic E-state index is 10.2. The number of benzene rings is 1. The number of ether oxygens (including phenoxy) is 1. The Morgan fingerprint density at radius 3 is 3.05 bits per heavy atom. The number of aromatic nitrogens is 2. The summed E-state index contributed by atoms with van der Waals surface area (Å²) in [6.07, 6.45) is 4.65. The van der Waals surface area contributed by atoms with E-state index in [-0.39, 0.29) is 6.10 Å². The fraction of sp³-hybridized carbons (Fsp3) is 0.562. The average molecular weight is 274 g/mol. The number of fused-ring (bicyclic) bond motifs is 1. The molecule has 20 heavy (non-hydrogen) atoms. The Labute approximate surface area is 119 Å². The summed E-state index contributed by atoms with van der Waals surface area (Å²) in [6.45, 7) is 0.880. The Balaban J connectivity index is 1.61. The number of aliphatic hydroxyl groups excluding tert-OH is 1. The van der Waals surface area contributed by atoms with Gasteiger partial charge < -0.3 is 14.4 Å². The first-order valence-corrected chi connectivity index (χ1v) is 7.44. The molecule has 4 heteroatoms. The fourth-order valence-corrected chi connectivity index (χ4v) is 2.94.